The number of nitrogens with two attached hydrogens (primary N) is 1. The molecule has 2 N–H and O–H groups in total. The van der Waals surface area contributed by atoms with Gasteiger partial charge in [0.15, 0.2) is 0 Å². The molecule has 2 heterocycles. The molecule has 0 aliphatic carbocycles. The SMILES string of the molecule is Cc1nc(N)ccc1-c1cn(C)cn1. The Morgan fingerprint density at radius 2 is 2.14 bits per heavy atom. The van der Waals surface area contributed by atoms with E-state index in [-0.39, 0.29) is 0 Å². The summed E-state index contributed by atoms with van der Waals surface area (Å²) >= 11 is 0. The summed E-state index contributed by atoms with van der Waals surface area (Å²) in [4.78, 5) is 8.45. The zero-order valence-electron chi connectivity index (χ0n) is 8.23. The number of rotatable bonds is 1. The molecule has 0 spiro atoms. The average molecular weight is 188 g/mol. The first-order valence-corrected chi connectivity index (χ1v) is 4.38. The van der Waals surface area contributed by atoms with Gasteiger partial charge in [0.05, 0.1) is 12.0 Å². The molecule has 0 radical (unpaired) electrons. The Hall–Kier alpha value is -1.84. The van der Waals surface area contributed by atoms with Crippen LogP contribution < -0.4 is 5.73 Å². The predicted octanol–water partition coefficient (Wildman–Crippen LogP) is 1.37. The normalized spacial score (nSPS) is 10.4. The summed E-state index contributed by atoms with van der Waals surface area (Å²) in [6.07, 6.45) is 3.73. The molecule has 0 saturated carbocycles. The van der Waals surface area contributed by atoms with E-state index >= 15 is 0 Å². The van der Waals surface area contributed by atoms with Gasteiger partial charge in [-0.1, -0.05) is 0 Å². The van der Waals surface area contributed by atoms with Gasteiger partial charge in [-0.3, -0.25) is 0 Å². The molecular weight excluding hydrogens is 176 g/mol. The molecule has 0 bridgehead atoms. The molecule has 72 valence electrons. The van der Waals surface area contributed by atoms with Crippen LogP contribution >= 0.6 is 0 Å². The lowest BCUT2D eigenvalue weighted by molar-refractivity contribution is 0.913. The second-order valence-corrected chi connectivity index (χ2v) is 3.29. The summed E-state index contributed by atoms with van der Waals surface area (Å²) in [6, 6.07) is 3.73. The Labute approximate surface area is 82.4 Å². The molecule has 2 aromatic rings. The molecule has 2 rings (SSSR count). The Balaban J connectivity index is 2.52. The van der Waals surface area contributed by atoms with E-state index in [2.05, 4.69) is 9.97 Å². The minimum absolute atomic E-state index is 0.544. The van der Waals surface area contributed by atoms with Crippen molar-refractivity contribution in [3.8, 4) is 11.3 Å². The Morgan fingerprint density at radius 3 is 2.71 bits per heavy atom. The zero-order chi connectivity index (χ0) is 10.1. The van der Waals surface area contributed by atoms with Crippen molar-refractivity contribution in [2.75, 3.05) is 5.73 Å². The maximum Gasteiger partial charge on any atom is 0.123 e. The fraction of sp³-hybridized carbons (Fsp3) is 0.200. The summed E-state index contributed by atoms with van der Waals surface area (Å²) in [6.45, 7) is 1.93. The predicted molar refractivity (Wildman–Crippen MR) is 55.6 cm³/mol. The second kappa shape index (κ2) is 3.14. The maximum absolute atomic E-state index is 5.57. The van der Waals surface area contributed by atoms with Crippen molar-refractivity contribution >= 4 is 5.82 Å². The van der Waals surface area contributed by atoms with Crippen LogP contribution in [0.25, 0.3) is 11.3 Å². The van der Waals surface area contributed by atoms with Crippen molar-refractivity contribution in [1.82, 2.24) is 14.5 Å². The van der Waals surface area contributed by atoms with Crippen LogP contribution in [0.1, 0.15) is 5.69 Å². The second-order valence-electron chi connectivity index (χ2n) is 3.29. The monoisotopic (exact) mass is 188 g/mol. The number of aromatic nitrogens is 3. The lowest BCUT2D eigenvalue weighted by Crippen LogP contribution is -1.94. The van der Waals surface area contributed by atoms with Gasteiger partial charge in [-0.2, -0.15) is 0 Å². The molecule has 14 heavy (non-hydrogen) atoms. The topological polar surface area (TPSA) is 56.7 Å². The van der Waals surface area contributed by atoms with E-state index in [1.54, 1.807) is 12.4 Å². The molecule has 0 amide bonds. The van der Waals surface area contributed by atoms with Crippen molar-refractivity contribution in [2.24, 2.45) is 7.05 Å². The Kier molecular flexibility index (Phi) is 1.96. The minimum atomic E-state index is 0.544. The third-order valence-electron chi connectivity index (χ3n) is 2.09. The fourth-order valence-corrected chi connectivity index (χ4v) is 1.40. The Bertz CT molecular complexity index is 459. The van der Waals surface area contributed by atoms with Crippen molar-refractivity contribution < 1.29 is 0 Å². The molecule has 0 atom stereocenters. The molecule has 0 aromatic carbocycles. The van der Waals surface area contributed by atoms with Gasteiger partial charge in [0.25, 0.3) is 0 Å². The van der Waals surface area contributed by atoms with Gasteiger partial charge in [0.1, 0.15) is 5.82 Å². The number of hydrogen-bond acceptors (Lipinski definition) is 3. The van der Waals surface area contributed by atoms with Crippen LogP contribution in [0.2, 0.25) is 0 Å². The van der Waals surface area contributed by atoms with Gasteiger partial charge in [-0.05, 0) is 19.1 Å². The summed E-state index contributed by atoms with van der Waals surface area (Å²) in [5.41, 5.74) is 8.44. The van der Waals surface area contributed by atoms with Crippen molar-refractivity contribution in [3.63, 3.8) is 0 Å². The van der Waals surface area contributed by atoms with Gasteiger partial charge in [0.2, 0.25) is 0 Å². The van der Waals surface area contributed by atoms with E-state index in [0.29, 0.717) is 5.82 Å². The molecule has 4 heteroatoms. The first-order chi connectivity index (χ1) is 6.66. The first-order valence-electron chi connectivity index (χ1n) is 4.38. The van der Waals surface area contributed by atoms with E-state index in [4.69, 9.17) is 5.73 Å². The third-order valence-corrected chi connectivity index (χ3v) is 2.09. The van der Waals surface area contributed by atoms with Crippen LogP contribution in [0.4, 0.5) is 5.82 Å². The van der Waals surface area contributed by atoms with E-state index in [1.807, 2.05) is 30.8 Å². The Morgan fingerprint density at radius 1 is 1.36 bits per heavy atom. The van der Waals surface area contributed by atoms with E-state index < -0.39 is 0 Å². The standard InChI is InChI=1S/C10H12N4/c1-7-8(3-4-10(11)13-7)9-5-14(2)6-12-9/h3-6H,1-2H3,(H2,11,13). The van der Waals surface area contributed by atoms with Gasteiger partial charge in [-0.15, -0.1) is 0 Å². The molecule has 4 nitrogen and oxygen atoms in total. The molecule has 2 aromatic heterocycles. The van der Waals surface area contributed by atoms with Crippen LogP contribution in [0.5, 0.6) is 0 Å². The number of pyridine rings is 1. The molecule has 0 saturated heterocycles. The van der Waals surface area contributed by atoms with Gasteiger partial charge in [-0.25, -0.2) is 9.97 Å². The highest BCUT2D eigenvalue weighted by atomic mass is 15.0. The summed E-state index contributed by atoms with van der Waals surface area (Å²) in [7, 11) is 1.94. The maximum atomic E-state index is 5.57. The highest BCUT2D eigenvalue weighted by molar-refractivity contribution is 5.62. The van der Waals surface area contributed by atoms with Crippen molar-refractivity contribution in [3.05, 3.63) is 30.4 Å². The van der Waals surface area contributed by atoms with Crippen LogP contribution in [0.15, 0.2) is 24.7 Å². The number of nitrogens with zero attached hydrogens (tertiary/aromatic N) is 3. The number of anilines is 1. The van der Waals surface area contributed by atoms with E-state index in [1.165, 1.54) is 0 Å². The molecular formula is C10H12N4. The summed E-state index contributed by atoms with van der Waals surface area (Å²) < 4.78 is 1.91. The summed E-state index contributed by atoms with van der Waals surface area (Å²) in [5, 5.41) is 0. The van der Waals surface area contributed by atoms with Crippen LogP contribution in [-0.4, -0.2) is 14.5 Å². The van der Waals surface area contributed by atoms with E-state index in [0.717, 1.165) is 17.0 Å². The highest BCUT2D eigenvalue weighted by Gasteiger charge is 2.05. The largest absolute Gasteiger partial charge is 0.384 e. The smallest absolute Gasteiger partial charge is 0.123 e. The summed E-state index contributed by atoms with van der Waals surface area (Å²) in [5.74, 6) is 0.544. The zero-order valence-corrected chi connectivity index (χ0v) is 8.23. The number of aryl methyl sites for hydroxylation is 2. The van der Waals surface area contributed by atoms with Crippen molar-refractivity contribution in [1.29, 1.82) is 0 Å². The first kappa shape index (κ1) is 8.74. The van der Waals surface area contributed by atoms with Crippen LogP contribution in [-0.2, 0) is 7.05 Å². The third kappa shape index (κ3) is 1.46. The number of hydrogen-bond donors (Lipinski definition) is 1. The number of nitrogen functional groups attached to an aromatic ring is 1. The van der Waals surface area contributed by atoms with Crippen LogP contribution in [0.3, 0.4) is 0 Å². The highest BCUT2D eigenvalue weighted by Crippen LogP contribution is 2.20. The quantitative estimate of drug-likeness (QED) is 0.735. The minimum Gasteiger partial charge on any atom is -0.384 e. The van der Waals surface area contributed by atoms with Crippen LogP contribution in [0, 0.1) is 6.92 Å². The van der Waals surface area contributed by atoms with E-state index in [9.17, 15) is 0 Å². The number of imidazole rings is 1. The van der Waals surface area contributed by atoms with Gasteiger partial charge in [0, 0.05) is 24.5 Å². The van der Waals surface area contributed by atoms with Gasteiger partial charge < -0.3 is 10.3 Å². The molecule has 0 aliphatic rings. The van der Waals surface area contributed by atoms with Gasteiger partial charge >= 0.3 is 0 Å². The molecule has 0 unspecified atom stereocenters. The lowest BCUT2D eigenvalue weighted by Gasteiger charge is -2.01. The molecule has 0 fully saturated rings. The average Bonchev–Trinajstić information content (AvgIpc) is 2.51. The van der Waals surface area contributed by atoms with Crippen molar-refractivity contribution in [2.45, 2.75) is 6.92 Å². The molecule has 0 aliphatic heterocycles. The lowest BCUT2D eigenvalue weighted by atomic mass is 10.1. The fourth-order valence-electron chi connectivity index (χ4n) is 1.40.